The highest BCUT2D eigenvalue weighted by molar-refractivity contribution is 6.36. The van der Waals surface area contributed by atoms with Gasteiger partial charge in [0.2, 0.25) is 0 Å². The van der Waals surface area contributed by atoms with E-state index in [-0.39, 0.29) is 18.3 Å². The summed E-state index contributed by atoms with van der Waals surface area (Å²) in [4.78, 5) is 0. The third-order valence-corrected chi connectivity index (χ3v) is 9.74. The van der Waals surface area contributed by atoms with E-state index in [2.05, 4.69) is 62.3 Å². The predicted octanol–water partition coefficient (Wildman–Crippen LogP) is 8.40. The van der Waals surface area contributed by atoms with Crippen molar-refractivity contribution in [2.75, 3.05) is 0 Å². The van der Waals surface area contributed by atoms with E-state index in [0.29, 0.717) is 35.5 Å². The Kier molecular flexibility index (Phi) is 10.9. The Labute approximate surface area is 213 Å². The van der Waals surface area contributed by atoms with Gasteiger partial charge in [0.15, 0.2) is 0 Å². The molecule has 3 nitrogen and oxygen atoms in total. The molecule has 0 amide bonds. The Morgan fingerprint density at radius 2 is 0.735 bits per heavy atom. The largest absolute Gasteiger partial charge is 0.640 e. The molecule has 0 aromatic heterocycles. The van der Waals surface area contributed by atoms with Gasteiger partial charge in [0.05, 0.1) is 0 Å². The first kappa shape index (κ1) is 28.5. The molecule has 3 aliphatic rings. The van der Waals surface area contributed by atoms with Gasteiger partial charge in [-0.25, -0.2) is 0 Å². The van der Waals surface area contributed by atoms with Crippen LogP contribution in [-0.2, 0) is 14.0 Å². The molecule has 3 rings (SSSR count). The summed E-state index contributed by atoms with van der Waals surface area (Å²) in [6, 6.07) is 0. The van der Waals surface area contributed by atoms with Gasteiger partial charge in [0, 0.05) is 18.3 Å². The Morgan fingerprint density at radius 3 is 0.971 bits per heavy atom. The zero-order valence-corrected chi connectivity index (χ0v) is 24.1. The highest BCUT2D eigenvalue weighted by Gasteiger charge is 2.43. The first-order valence-corrected chi connectivity index (χ1v) is 15.0. The molecule has 0 heterocycles. The molecule has 0 saturated heterocycles. The molecule has 9 atom stereocenters. The smallest absolute Gasteiger partial charge is 0.383 e. The minimum Gasteiger partial charge on any atom is -0.383 e. The van der Waals surface area contributed by atoms with E-state index in [9.17, 15) is 0 Å². The van der Waals surface area contributed by atoms with Crippen molar-refractivity contribution in [2.24, 2.45) is 53.3 Å². The van der Waals surface area contributed by atoms with Crippen LogP contribution in [0.25, 0.3) is 0 Å². The lowest BCUT2D eigenvalue weighted by molar-refractivity contribution is -0.0763. The van der Waals surface area contributed by atoms with Crippen molar-refractivity contribution >= 4 is 7.32 Å². The third kappa shape index (κ3) is 7.72. The average Bonchev–Trinajstić information content (AvgIpc) is 2.73. The molecule has 34 heavy (non-hydrogen) atoms. The molecule has 4 heteroatoms. The Morgan fingerprint density at radius 1 is 0.471 bits per heavy atom. The minimum atomic E-state index is -0.523. The van der Waals surface area contributed by atoms with E-state index in [1.54, 1.807) is 0 Å². The first-order valence-electron chi connectivity index (χ1n) is 15.0. The molecular formula is C30H57BO3. The van der Waals surface area contributed by atoms with Crippen LogP contribution in [0.4, 0.5) is 0 Å². The maximum Gasteiger partial charge on any atom is 0.640 e. The number of hydrogen-bond donors (Lipinski definition) is 0. The van der Waals surface area contributed by atoms with Crippen molar-refractivity contribution in [1.29, 1.82) is 0 Å². The van der Waals surface area contributed by atoms with Gasteiger partial charge in [-0.2, -0.15) is 0 Å². The van der Waals surface area contributed by atoms with Crippen molar-refractivity contribution in [1.82, 2.24) is 0 Å². The molecule has 3 unspecified atom stereocenters. The van der Waals surface area contributed by atoms with Crippen LogP contribution in [0.1, 0.15) is 120 Å². The van der Waals surface area contributed by atoms with E-state index in [4.69, 9.17) is 14.0 Å². The molecule has 0 aromatic carbocycles. The molecule has 0 bridgehead atoms. The normalized spacial score (nSPS) is 39.7. The lowest BCUT2D eigenvalue weighted by Gasteiger charge is -2.43. The Hall–Kier alpha value is -0.0551. The molecule has 3 fully saturated rings. The van der Waals surface area contributed by atoms with Crippen LogP contribution in [0, 0.1) is 53.3 Å². The fourth-order valence-corrected chi connectivity index (χ4v) is 7.34. The van der Waals surface area contributed by atoms with Crippen LogP contribution in [-0.4, -0.2) is 25.6 Å². The summed E-state index contributed by atoms with van der Waals surface area (Å²) in [6.45, 7) is 21.3. The first-order chi connectivity index (χ1) is 16.0. The quantitative estimate of drug-likeness (QED) is 0.313. The minimum absolute atomic E-state index is 0.241. The standard InChI is InChI=1S/C30H57BO3/c1-19(2)25-13-10-22(7)16-28(25)32-31(33-29-17-23(8)11-14-26(29)20(3)4)34-30-18-24(9)12-15-27(30)21(5)6/h19-30H,10-18H2,1-9H3/t22-,23-,24-,25?,26?,27?,28+,29+,30+/m1/s1. The lowest BCUT2D eigenvalue weighted by atomic mass is 9.74. The summed E-state index contributed by atoms with van der Waals surface area (Å²) in [5, 5.41) is 0. The SMILES string of the molecule is CC(C)C1CC[C@@H](C)C[C@@H]1OB(O[C@H]1C[C@H](C)CCC1C(C)C)O[C@H]1C[C@H](C)CCC1C(C)C. The van der Waals surface area contributed by atoms with Gasteiger partial charge in [0.25, 0.3) is 0 Å². The van der Waals surface area contributed by atoms with Crippen molar-refractivity contribution in [3.05, 3.63) is 0 Å². The van der Waals surface area contributed by atoms with E-state index >= 15 is 0 Å². The van der Waals surface area contributed by atoms with Crippen LogP contribution in [0.3, 0.4) is 0 Å². The summed E-state index contributed by atoms with van der Waals surface area (Å²) >= 11 is 0. The summed E-state index contributed by atoms with van der Waals surface area (Å²) in [5.41, 5.74) is 0. The molecule has 0 spiro atoms. The van der Waals surface area contributed by atoms with E-state index in [1.807, 2.05) is 0 Å². The zero-order valence-electron chi connectivity index (χ0n) is 24.1. The highest BCUT2D eigenvalue weighted by Crippen LogP contribution is 2.40. The van der Waals surface area contributed by atoms with Crippen LogP contribution in [0.15, 0.2) is 0 Å². The third-order valence-electron chi connectivity index (χ3n) is 9.74. The lowest BCUT2D eigenvalue weighted by Crippen LogP contribution is -2.48. The van der Waals surface area contributed by atoms with Crippen LogP contribution < -0.4 is 0 Å². The molecule has 0 radical (unpaired) electrons. The predicted molar refractivity (Wildman–Crippen MR) is 144 cm³/mol. The van der Waals surface area contributed by atoms with Gasteiger partial charge in [-0.15, -0.1) is 0 Å². The molecule has 198 valence electrons. The number of rotatable bonds is 9. The average molecular weight is 477 g/mol. The topological polar surface area (TPSA) is 27.7 Å². The summed E-state index contributed by atoms with van der Waals surface area (Å²) < 4.78 is 20.8. The summed E-state index contributed by atoms with van der Waals surface area (Å²) in [6.07, 6.45) is 11.9. The van der Waals surface area contributed by atoms with Gasteiger partial charge in [-0.1, -0.05) is 81.6 Å². The molecule has 0 aromatic rings. The van der Waals surface area contributed by atoms with Crippen molar-refractivity contribution < 1.29 is 14.0 Å². The van der Waals surface area contributed by atoms with Crippen LogP contribution >= 0.6 is 0 Å². The summed E-state index contributed by atoms with van der Waals surface area (Å²) in [7, 11) is -0.523. The number of hydrogen-bond acceptors (Lipinski definition) is 3. The summed E-state index contributed by atoms with van der Waals surface area (Å²) in [5.74, 6) is 5.86. The molecule has 3 aliphatic carbocycles. The maximum atomic E-state index is 6.92. The second-order valence-electron chi connectivity index (χ2n) is 13.8. The van der Waals surface area contributed by atoms with Crippen LogP contribution in [0.2, 0.25) is 0 Å². The van der Waals surface area contributed by atoms with Gasteiger partial charge in [-0.05, 0) is 91.8 Å². The van der Waals surface area contributed by atoms with Gasteiger partial charge >= 0.3 is 7.32 Å². The van der Waals surface area contributed by atoms with E-state index in [0.717, 1.165) is 37.0 Å². The van der Waals surface area contributed by atoms with Gasteiger partial charge in [-0.3, -0.25) is 0 Å². The Bertz CT molecular complexity index is 513. The molecule has 0 N–H and O–H groups in total. The zero-order chi connectivity index (χ0) is 25.0. The van der Waals surface area contributed by atoms with E-state index in [1.165, 1.54) is 38.5 Å². The Balaban J connectivity index is 1.81. The van der Waals surface area contributed by atoms with E-state index < -0.39 is 7.32 Å². The second-order valence-corrected chi connectivity index (χ2v) is 13.8. The molecule has 0 aliphatic heterocycles. The van der Waals surface area contributed by atoms with Crippen molar-refractivity contribution in [2.45, 2.75) is 138 Å². The van der Waals surface area contributed by atoms with Gasteiger partial charge in [0.1, 0.15) is 0 Å². The monoisotopic (exact) mass is 476 g/mol. The van der Waals surface area contributed by atoms with Crippen molar-refractivity contribution in [3.8, 4) is 0 Å². The molecular weight excluding hydrogens is 419 g/mol. The maximum absolute atomic E-state index is 6.92. The highest BCUT2D eigenvalue weighted by atomic mass is 16.7. The van der Waals surface area contributed by atoms with Crippen molar-refractivity contribution in [3.63, 3.8) is 0 Å². The fraction of sp³-hybridized carbons (Fsp3) is 1.00. The second kappa shape index (κ2) is 13.0. The fourth-order valence-electron chi connectivity index (χ4n) is 7.34. The van der Waals surface area contributed by atoms with Crippen LogP contribution in [0.5, 0.6) is 0 Å². The van der Waals surface area contributed by atoms with Gasteiger partial charge < -0.3 is 14.0 Å². The molecule has 3 saturated carbocycles.